The van der Waals surface area contributed by atoms with Crippen molar-refractivity contribution < 1.29 is 0 Å². The Labute approximate surface area is 99.3 Å². The zero-order valence-electron chi connectivity index (χ0n) is 10.3. The fraction of sp³-hybridized carbons (Fsp3) is 0.467. The fourth-order valence-corrected chi connectivity index (χ4v) is 1.65. The molecular formula is C15H21N. The van der Waals surface area contributed by atoms with E-state index in [1.807, 2.05) is 7.05 Å². The normalized spacial score (nSPS) is 9.38. The van der Waals surface area contributed by atoms with Crippen molar-refractivity contribution in [2.45, 2.75) is 39.0 Å². The molecule has 1 aromatic carbocycles. The van der Waals surface area contributed by atoms with Crippen LogP contribution >= 0.6 is 0 Å². The third-order valence-electron chi connectivity index (χ3n) is 2.53. The van der Waals surface area contributed by atoms with Gasteiger partial charge in [-0.1, -0.05) is 25.1 Å². The standard InChI is InChI=1S/C15H21N/c1-3-4-5-6-7-8-11-14-12-9-10-13-15(14)16-2/h9-10,12-13,16H,3-4,7-8,11H2,1-2H3. The first kappa shape index (κ1) is 12.6. The van der Waals surface area contributed by atoms with E-state index in [4.69, 9.17) is 0 Å². The molecule has 0 unspecified atom stereocenters. The van der Waals surface area contributed by atoms with Gasteiger partial charge in [0.15, 0.2) is 0 Å². The minimum absolute atomic E-state index is 1.01. The molecule has 1 N–H and O–H groups in total. The number of unbranched alkanes of at least 4 members (excludes halogenated alkanes) is 2. The second-order valence-corrected chi connectivity index (χ2v) is 3.86. The van der Waals surface area contributed by atoms with Crippen LogP contribution in [0.1, 0.15) is 38.2 Å². The molecule has 1 heteroatoms. The number of aryl methyl sites for hydroxylation is 1. The average molecular weight is 215 g/mol. The molecule has 0 heterocycles. The summed E-state index contributed by atoms with van der Waals surface area (Å²) in [4.78, 5) is 0. The van der Waals surface area contributed by atoms with Gasteiger partial charge in [-0.25, -0.2) is 0 Å². The summed E-state index contributed by atoms with van der Waals surface area (Å²) in [6.07, 6.45) is 5.47. The highest BCUT2D eigenvalue weighted by Crippen LogP contribution is 2.16. The smallest absolute Gasteiger partial charge is 0.0370 e. The molecule has 0 aliphatic heterocycles. The summed E-state index contributed by atoms with van der Waals surface area (Å²) >= 11 is 0. The van der Waals surface area contributed by atoms with E-state index in [1.165, 1.54) is 11.3 Å². The van der Waals surface area contributed by atoms with Crippen molar-refractivity contribution in [2.24, 2.45) is 0 Å². The van der Waals surface area contributed by atoms with Crippen LogP contribution in [0.3, 0.4) is 0 Å². The van der Waals surface area contributed by atoms with Crippen molar-refractivity contribution in [1.82, 2.24) is 0 Å². The lowest BCUT2D eigenvalue weighted by molar-refractivity contribution is 0.856. The van der Waals surface area contributed by atoms with E-state index in [1.54, 1.807) is 0 Å². The van der Waals surface area contributed by atoms with Crippen LogP contribution in [0, 0.1) is 11.8 Å². The lowest BCUT2D eigenvalue weighted by Gasteiger charge is -2.07. The van der Waals surface area contributed by atoms with E-state index >= 15 is 0 Å². The van der Waals surface area contributed by atoms with E-state index in [-0.39, 0.29) is 0 Å². The molecule has 0 spiro atoms. The number of rotatable bonds is 5. The van der Waals surface area contributed by atoms with Gasteiger partial charge in [-0.3, -0.25) is 0 Å². The van der Waals surface area contributed by atoms with Crippen LogP contribution in [0.2, 0.25) is 0 Å². The molecule has 0 bridgehead atoms. The maximum Gasteiger partial charge on any atom is 0.0370 e. The van der Waals surface area contributed by atoms with Crippen LogP contribution in [0.4, 0.5) is 5.69 Å². The highest BCUT2D eigenvalue weighted by molar-refractivity contribution is 5.50. The highest BCUT2D eigenvalue weighted by atomic mass is 14.8. The molecular weight excluding hydrogens is 194 g/mol. The molecule has 0 radical (unpaired) electrons. The monoisotopic (exact) mass is 215 g/mol. The van der Waals surface area contributed by atoms with Gasteiger partial charge in [0.25, 0.3) is 0 Å². The molecule has 0 atom stereocenters. The highest BCUT2D eigenvalue weighted by Gasteiger charge is 1.97. The molecule has 1 nitrogen and oxygen atoms in total. The first-order chi connectivity index (χ1) is 7.88. The fourth-order valence-electron chi connectivity index (χ4n) is 1.65. The zero-order chi connectivity index (χ0) is 11.6. The number of anilines is 1. The van der Waals surface area contributed by atoms with Crippen LogP contribution in [0.5, 0.6) is 0 Å². The zero-order valence-corrected chi connectivity index (χ0v) is 10.3. The van der Waals surface area contributed by atoms with E-state index in [9.17, 15) is 0 Å². The van der Waals surface area contributed by atoms with Gasteiger partial charge in [0, 0.05) is 25.6 Å². The van der Waals surface area contributed by atoms with E-state index < -0.39 is 0 Å². The number of nitrogens with one attached hydrogen (secondary N) is 1. The van der Waals surface area contributed by atoms with Gasteiger partial charge in [0.05, 0.1) is 0 Å². The van der Waals surface area contributed by atoms with Crippen molar-refractivity contribution in [1.29, 1.82) is 0 Å². The summed E-state index contributed by atoms with van der Waals surface area (Å²) < 4.78 is 0. The second-order valence-electron chi connectivity index (χ2n) is 3.86. The van der Waals surface area contributed by atoms with Crippen LogP contribution in [-0.4, -0.2) is 7.05 Å². The van der Waals surface area contributed by atoms with Gasteiger partial charge in [-0.15, -0.1) is 11.8 Å². The Morgan fingerprint density at radius 2 is 1.88 bits per heavy atom. The third-order valence-corrected chi connectivity index (χ3v) is 2.53. The summed E-state index contributed by atoms with van der Waals surface area (Å²) in [5.74, 6) is 6.41. The van der Waals surface area contributed by atoms with E-state index in [0.29, 0.717) is 0 Å². The van der Waals surface area contributed by atoms with Gasteiger partial charge in [0.2, 0.25) is 0 Å². The SMILES string of the molecule is CCCC#CCCCc1ccccc1NC. The summed E-state index contributed by atoms with van der Waals surface area (Å²) in [7, 11) is 1.97. The molecule has 0 amide bonds. The Kier molecular flexibility index (Phi) is 6.18. The van der Waals surface area contributed by atoms with Gasteiger partial charge in [-0.05, 0) is 30.9 Å². The summed E-state index contributed by atoms with van der Waals surface area (Å²) in [5.41, 5.74) is 2.63. The molecule has 1 aromatic rings. The van der Waals surface area contributed by atoms with Gasteiger partial charge >= 0.3 is 0 Å². The lowest BCUT2D eigenvalue weighted by atomic mass is 10.1. The molecule has 16 heavy (non-hydrogen) atoms. The van der Waals surface area contributed by atoms with Crippen LogP contribution in [0.25, 0.3) is 0 Å². The predicted octanol–water partition coefficient (Wildman–Crippen LogP) is 3.85. The van der Waals surface area contributed by atoms with Gasteiger partial charge in [-0.2, -0.15) is 0 Å². The molecule has 0 aromatic heterocycles. The molecule has 0 fully saturated rings. The average Bonchev–Trinajstić information content (AvgIpc) is 2.34. The lowest BCUT2D eigenvalue weighted by Crippen LogP contribution is -1.94. The van der Waals surface area contributed by atoms with Crippen LogP contribution in [-0.2, 0) is 6.42 Å². The third kappa shape index (κ3) is 4.40. The van der Waals surface area contributed by atoms with Crippen molar-refractivity contribution in [3.8, 4) is 11.8 Å². The predicted molar refractivity (Wildman–Crippen MR) is 71.6 cm³/mol. The Morgan fingerprint density at radius 3 is 2.62 bits per heavy atom. The first-order valence-corrected chi connectivity index (χ1v) is 6.10. The molecule has 0 aliphatic carbocycles. The van der Waals surface area contributed by atoms with Crippen molar-refractivity contribution in [2.75, 3.05) is 12.4 Å². The largest absolute Gasteiger partial charge is 0.388 e. The van der Waals surface area contributed by atoms with Crippen LogP contribution < -0.4 is 5.32 Å². The number of hydrogen-bond donors (Lipinski definition) is 1. The van der Waals surface area contributed by atoms with Gasteiger partial charge < -0.3 is 5.32 Å². The summed E-state index contributed by atoms with van der Waals surface area (Å²) in [6, 6.07) is 8.47. The maximum atomic E-state index is 3.22. The minimum atomic E-state index is 1.01. The molecule has 1 rings (SSSR count). The Hall–Kier alpha value is -1.42. The van der Waals surface area contributed by atoms with E-state index in [0.717, 1.165) is 32.1 Å². The van der Waals surface area contributed by atoms with Crippen molar-refractivity contribution in [3.63, 3.8) is 0 Å². The topological polar surface area (TPSA) is 12.0 Å². The number of benzene rings is 1. The molecule has 0 saturated heterocycles. The number of para-hydroxylation sites is 1. The van der Waals surface area contributed by atoms with Gasteiger partial charge in [0.1, 0.15) is 0 Å². The second kappa shape index (κ2) is 7.82. The molecule has 0 aliphatic rings. The maximum absolute atomic E-state index is 3.22. The first-order valence-electron chi connectivity index (χ1n) is 6.10. The Balaban J connectivity index is 2.35. The minimum Gasteiger partial charge on any atom is -0.388 e. The number of hydrogen-bond acceptors (Lipinski definition) is 1. The Morgan fingerprint density at radius 1 is 1.12 bits per heavy atom. The van der Waals surface area contributed by atoms with E-state index in [2.05, 4.69) is 48.3 Å². The van der Waals surface area contributed by atoms with Crippen molar-refractivity contribution in [3.05, 3.63) is 29.8 Å². The molecule has 0 saturated carbocycles. The van der Waals surface area contributed by atoms with Crippen LogP contribution in [0.15, 0.2) is 24.3 Å². The molecule has 86 valence electrons. The Bertz CT molecular complexity index is 357. The summed E-state index contributed by atoms with van der Waals surface area (Å²) in [5, 5.41) is 3.22. The van der Waals surface area contributed by atoms with Crippen molar-refractivity contribution >= 4 is 5.69 Å². The summed E-state index contributed by atoms with van der Waals surface area (Å²) in [6.45, 7) is 2.16. The quantitative estimate of drug-likeness (QED) is 0.581.